The molecule has 0 spiro atoms. The van der Waals surface area contributed by atoms with Gasteiger partial charge in [-0.25, -0.2) is 0 Å². The van der Waals surface area contributed by atoms with Crippen LogP contribution >= 0.6 is 0 Å². The van der Waals surface area contributed by atoms with Gasteiger partial charge >= 0.3 is 5.97 Å². The Balaban J connectivity index is 2.61. The SMILES string of the molecule is COCCC(N)C(=O)NC1(CC(=O)O)CCCCC1. The van der Waals surface area contributed by atoms with Crippen LogP contribution in [0.15, 0.2) is 0 Å². The minimum Gasteiger partial charge on any atom is -0.481 e. The highest BCUT2D eigenvalue weighted by molar-refractivity contribution is 5.83. The fourth-order valence-electron chi connectivity index (χ4n) is 2.59. The van der Waals surface area contributed by atoms with Gasteiger partial charge in [-0.3, -0.25) is 9.59 Å². The maximum absolute atomic E-state index is 12.0. The minimum atomic E-state index is -0.882. The summed E-state index contributed by atoms with van der Waals surface area (Å²) < 4.78 is 4.89. The van der Waals surface area contributed by atoms with E-state index in [9.17, 15) is 9.59 Å². The molecule has 0 radical (unpaired) electrons. The first-order chi connectivity index (χ1) is 8.99. The smallest absolute Gasteiger partial charge is 0.305 e. The third-order valence-corrected chi connectivity index (χ3v) is 3.66. The molecule has 0 aromatic heterocycles. The van der Waals surface area contributed by atoms with Crippen LogP contribution in [0.2, 0.25) is 0 Å². The van der Waals surface area contributed by atoms with Gasteiger partial charge in [0.15, 0.2) is 0 Å². The van der Waals surface area contributed by atoms with Crippen molar-refractivity contribution in [2.75, 3.05) is 13.7 Å². The maximum Gasteiger partial charge on any atom is 0.305 e. The predicted octanol–water partition coefficient (Wildman–Crippen LogP) is 0.644. The lowest BCUT2D eigenvalue weighted by molar-refractivity contribution is -0.139. The molecule has 110 valence electrons. The molecule has 6 heteroatoms. The Hall–Kier alpha value is -1.14. The summed E-state index contributed by atoms with van der Waals surface area (Å²) in [5.41, 5.74) is 5.15. The molecule has 0 heterocycles. The van der Waals surface area contributed by atoms with E-state index >= 15 is 0 Å². The Morgan fingerprint density at radius 1 is 1.37 bits per heavy atom. The number of carbonyl (C=O) groups is 2. The van der Waals surface area contributed by atoms with Crippen molar-refractivity contribution in [1.82, 2.24) is 5.32 Å². The molecule has 1 saturated carbocycles. The number of nitrogens with two attached hydrogens (primary N) is 1. The Morgan fingerprint density at radius 3 is 2.53 bits per heavy atom. The number of ether oxygens (including phenoxy) is 1. The fourth-order valence-corrected chi connectivity index (χ4v) is 2.59. The minimum absolute atomic E-state index is 0.0320. The van der Waals surface area contributed by atoms with Gasteiger partial charge in [0.2, 0.25) is 5.91 Å². The molecular formula is C13H24N2O4. The van der Waals surface area contributed by atoms with Crippen molar-refractivity contribution in [3.8, 4) is 0 Å². The number of rotatable bonds is 7. The third-order valence-electron chi connectivity index (χ3n) is 3.66. The third kappa shape index (κ3) is 5.16. The molecule has 0 aromatic carbocycles. The van der Waals surface area contributed by atoms with Crippen LogP contribution in [0.25, 0.3) is 0 Å². The first-order valence-corrected chi connectivity index (χ1v) is 6.77. The van der Waals surface area contributed by atoms with Gasteiger partial charge in [0, 0.05) is 13.7 Å². The fraction of sp³-hybridized carbons (Fsp3) is 0.846. The Kier molecular flexibility index (Phi) is 6.24. The van der Waals surface area contributed by atoms with Crippen LogP contribution in [-0.4, -0.2) is 42.3 Å². The summed E-state index contributed by atoms with van der Waals surface area (Å²) in [7, 11) is 1.55. The molecule has 1 fully saturated rings. The van der Waals surface area contributed by atoms with Crippen LogP contribution < -0.4 is 11.1 Å². The molecule has 0 aromatic rings. The number of methoxy groups -OCH3 is 1. The van der Waals surface area contributed by atoms with E-state index in [2.05, 4.69) is 5.32 Å². The summed E-state index contributed by atoms with van der Waals surface area (Å²) in [5.74, 6) is -1.16. The molecule has 1 rings (SSSR count). The second-order valence-electron chi connectivity index (χ2n) is 5.29. The monoisotopic (exact) mass is 272 g/mol. The van der Waals surface area contributed by atoms with Gasteiger partial charge in [-0.15, -0.1) is 0 Å². The number of amides is 1. The van der Waals surface area contributed by atoms with Crippen molar-refractivity contribution in [3.63, 3.8) is 0 Å². The molecule has 1 unspecified atom stereocenters. The van der Waals surface area contributed by atoms with Crippen LogP contribution in [0.5, 0.6) is 0 Å². The lowest BCUT2D eigenvalue weighted by atomic mass is 9.79. The molecule has 19 heavy (non-hydrogen) atoms. The largest absolute Gasteiger partial charge is 0.481 e. The molecule has 1 aliphatic carbocycles. The molecule has 6 nitrogen and oxygen atoms in total. The van der Waals surface area contributed by atoms with E-state index in [0.717, 1.165) is 19.3 Å². The van der Waals surface area contributed by atoms with Gasteiger partial charge < -0.3 is 20.9 Å². The highest BCUT2D eigenvalue weighted by atomic mass is 16.5. The zero-order valence-corrected chi connectivity index (χ0v) is 11.5. The van der Waals surface area contributed by atoms with Gasteiger partial charge in [-0.1, -0.05) is 19.3 Å². The van der Waals surface area contributed by atoms with Gasteiger partial charge in [0.25, 0.3) is 0 Å². The van der Waals surface area contributed by atoms with Gasteiger partial charge in [-0.2, -0.15) is 0 Å². The highest BCUT2D eigenvalue weighted by Gasteiger charge is 2.36. The normalized spacial score (nSPS) is 19.7. The van der Waals surface area contributed by atoms with Gasteiger partial charge in [0.1, 0.15) is 0 Å². The summed E-state index contributed by atoms with van der Waals surface area (Å²) >= 11 is 0. The zero-order valence-electron chi connectivity index (χ0n) is 11.5. The molecule has 0 saturated heterocycles. The van der Waals surface area contributed by atoms with E-state index in [0.29, 0.717) is 25.9 Å². The summed E-state index contributed by atoms with van der Waals surface area (Å²) in [6.45, 7) is 0.417. The van der Waals surface area contributed by atoms with E-state index in [-0.39, 0.29) is 12.3 Å². The number of carboxylic acid groups (broad SMARTS) is 1. The number of nitrogens with one attached hydrogen (secondary N) is 1. The molecule has 0 aliphatic heterocycles. The molecule has 1 atom stereocenters. The van der Waals surface area contributed by atoms with Crippen molar-refractivity contribution in [2.24, 2.45) is 5.73 Å². The van der Waals surface area contributed by atoms with Crippen LogP contribution in [0.1, 0.15) is 44.9 Å². The van der Waals surface area contributed by atoms with Crippen LogP contribution in [-0.2, 0) is 14.3 Å². The quantitative estimate of drug-likeness (QED) is 0.631. The number of carbonyl (C=O) groups excluding carboxylic acids is 1. The second kappa shape index (κ2) is 7.45. The lowest BCUT2D eigenvalue weighted by Crippen LogP contribution is -2.55. The molecular weight excluding hydrogens is 248 g/mol. The average Bonchev–Trinajstić information content (AvgIpc) is 2.35. The van der Waals surface area contributed by atoms with Crippen LogP contribution in [0, 0.1) is 0 Å². The van der Waals surface area contributed by atoms with Crippen molar-refractivity contribution in [2.45, 2.75) is 56.5 Å². The number of aliphatic carboxylic acids is 1. The van der Waals surface area contributed by atoms with Gasteiger partial charge in [-0.05, 0) is 19.3 Å². The van der Waals surface area contributed by atoms with Crippen LogP contribution in [0.4, 0.5) is 0 Å². The topological polar surface area (TPSA) is 102 Å². The van der Waals surface area contributed by atoms with Crippen molar-refractivity contribution < 1.29 is 19.4 Å². The summed E-state index contributed by atoms with van der Waals surface area (Å²) in [6, 6.07) is -0.646. The standard InChI is InChI=1S/C13H24N2O4/c1-19-8-5-10(14)12(18)15-13(9-11(16)17)6-3-2-4-7-13/h10H,2-9,14H2,1H3,(H,15,18)(H,16,17). The predicted molar refractivity (Wildman–Crippen MR) is 70.7 cm³/mol. The number of hydrogen-bond acceptors (Lipinski definition) is 4. The number of hydrogen-bond donors (Lipinski definition) is 3. The van der Waals surface area contributed by atoms with E-state index in [1.165, 1.54) is 0 Å². The lowest BCUT2D eigenvalue weighted by Gasteiger charge is -2.37. The molecule has 0 bridgehead atoms. The average molecular weight is 272 g/mol. The molecule has 4 N–H and O–H groups in total. The van der Waals surface area contributed by atoms with E-state index in [1.54, 1.807) is 7.11 Å². The van der Waals surface area contributed by atoms with Crippen LogP contribution in [0.3, 0.4) is 0 Å². The maximum atomic E-state index is 12.0. The summed E-state index contributed by atoms with van der Waals surface area (Å²) in [5, 5.41) is 11.9. The summed E-state index contributed by atoms with van der Waals surface area (Å²) in [4.78, 5) is 23.0. The highest BCUT2D eigenvalue weighted by Crippen LogP contribution is 2.31. The first kappa shape index (κ1) is 15.9. The summed E-state index contributed by atoms with van der Waals surface area (Å²) in [6.07, 6.45) is 4.81. The van der Waals surface area contributed by atoms with E-state index in [4.69, 9.17) is 15.6 Å². The first-order valence-electron chi connectivity index (χ1n) is 6.77. The van der Waals surface area contributed by atoms with Crippen molar-refractivity contribution in [3.05, 3.63) is 0 Å². The Labute approximate surface area is 113 Å². The number of carboxylic acids is 1. The molecule has 1 amide bonds. The Morgan fingerprint density at radius 2 is 2.00 bits per heavy atom. The molecule has 1 aliphatic rings. The second-order valence-corrected chi connectivity index (χ2v) is 5.29. The zero-order chi connectivity index (χ0) is 14.3. The van der Waals surface area contributed by atoms with Gasteiger partial charge in [0.05, 0.1) is 18.0 Å². The van der Waals surface area contributed by atoms with Crippen molar-refractivity contribution >= 4 is 11.9 Å². The van der Waals surface area contributed by atoms with E-state index < -0.39 is 17.6 Å². The van der Waals surface area contributed by atoms with Crippen molar-refractivity contribution in [1.29, 1.82) is 0 Å². The van der Waals surface area contributed by atoms with E-state index in [1.807, 2.05) is 0 Å². The Bertz CT molecular complexity index is 314.